The minimum absolute atomic E-state index is 0.225. The fourth-order valence-electron chi connectivity index (χ4n) is 7.35. The van der Waals surface area contributed by atoms with E-state index in [1.165, 1.54) is 44.2 Å². The molecule has 1 heterocycles. The van der Waals surface area contributed by atoms with Gasteiger partial charge in [-0.3, -0.25) is 0 Å². The SMILES string of the molecule is CC1(C)c2cc(N(c3ccc4ccccc4c3)c3ccccc3-c3ccccc3)ccc2-c2c(-c3nc4ccccc4o3)cccc21. The molecule has 1 aliphatic carbocycles. The lowest BCUT2D eigenvalue weighted by Gasteiger charge is -2.30. The molecular weight excluding hydrogens is 572 g/mol. The number of nitrogens with zero attached hydrogens (tertiary/aromatic N) is 2. The third-order valence-corrected chi connectivity index (χ3v) is 9.69. The number of hydrogen-bond acceptors (Lipinski definition) is 3. The van der Waals surface area contributed by atoms with Gasteiger partial charge in [0.25, 0.3) is 0 Å². The highest BCUT2D eigenvalue weighted by Gasteiger charge is 2.38. The van der Waals surface area contributed by atoms with Gasteiger partial charge in [-0.1, -0.05) is 123 Å². The maximum atomic E-state index is 6.31. The summed E-state index contributed by atoms with van der Waals surface area (Å²) in [6.07, 6.45) is 0. The summed E-state index contributed by atoms with van der Waals surface area (Å²) in [5, 5.41) is 2.44. The van der Waals surface area contributed by atoms with Crippen molar-refractivity contribution in [2.24, 2.45) is 0 Å². The Bertz CT molecular complexity index is 2420. The number of aromatic nitrogens is 1. The second kappa shape index (κ2) is 10.6. The van der Waals surface area contributed by atoms with E-state index in [1.807, 2.05) is 24.3 Å². The molecule has 0 saturated heterocycles. The normalized spacial score (nSPS) is 13.1. The van der Waals surface area contributed by atoms with Gasteiger partial charge in [0.05, 0.1) is 5.69 Å². The molecule has 0 saturated carbocycles. The summed E-state index contributed by atoms with van der Waals surface area (Å²) in [6, 6.07) is 56.2. The minimum atomic E-state index is -0.225. The van der Waals surface area contributed by atoms with Crippen LogP contribution in [0.25, 0.3) is 55.6 Å². The highest BCUT2D eigenvalue weighted by molar-refractivity contribution is 5.96. The van der Waals surface area contributed by atoms with Crippen LogP contribution in [-0.2, 0) is 5.41 Å². The van der Waals surface area contributed by atoms with E-state index in [9.17, 15) is 0 Å². The lowest BCUT2D eigenvalue weighted by molar-refractivity contribution is 0.619. The largest absolute Gasteiger partial charge is 0.436 e. The van der Waals surface area contributed by atoms with Gasteiger partial charge in [-0.25, -0.2) is 4.98 Å². The molecule has 0 spiro atoms. The Morgan fingerprint density at radius 2 is 1.23 bits per heavy atom. The van der Waals surface area contributed by atoms with E-state index in [4.69, 9.17) is 9.40 Å². The Morgan fingerprint density at radius 1 is 0.532 bits per heavy atom. The molecule has 7 aromatic carbocycles. The topological polar surface area (TPSA) is 29.3 Å². The van der Waals surface area contributed by atoms with Gasteiger partial charge in [0.2, 0.25) is 5.89 Å². The Kier molecular flexibility index (Phi) is 6.16. The fraction of sp³-hybridized carbons (Fsp3) is 0.0682. The lowest BCUT2D eigenvalue weighted by Crippen LogP contribution is -2.17. The molecule has 0 atom stereocenters. The zero-order valence-electron chi connectivity index (χ0n) is 26.3. The maximum Gasteiger partial charge on any atom is 0.227 e. The highest BCUT2D eigenvalue weighted by Crippen LogP contribution is 2.54. The molecule has 1 aromatic heterocycles. The van der Waals surface area contributed by atoms with Crippen LogP contribution in [0.5, 0.6) is 0 Å². The predicted molar refractivity (Wildman–Crippen MR) is 195 cm³/mol. The molecule has 3 nitrogen and oxygen atoms in total. The van der Waals surface area contributed by atoms with Crippen molar-refractivity contribution in [2.45, 2.75) is 19.3 Å². The first-order valence-corrected chi connectivity index (χ1v) is 16.1. The molecule has 0 unspecified atom stereocenters. The third-order valence-electron chi connectivity index (χ3n) is 9.69. The Hall–Kier alpha value is -5.93. The Morgan fingerprint density at radius 3 is 2.11 bits per heavy atom. The Balaban J connectivity index is 1.25. The molecule has 1 aliphatic rings. The first kappa shape index (κ1) is 27.4. The van der Waals surface area contributed by atoms with Crippen molar-refractivity contribution >= 4 is 38.9 Å². The molecule has 47 heavy (non-hydrogen) atoms. The molecule has 224 valence electrons. The summed E-state index contributed by atoms with van der Waals surface area (Å²) < 4.78 is 6.31. The summed E-state index contributed by atoms with van der Waals surface area (Å²) in [4.78, 5) is 7.31. The van der Waals surface area contributed by atoms with Crippen LogP contribution in [-0.4, -0.2) is 4.98 Å². The first-order valence-electron chi connectivity index (χ1n) is 16.1. The van der Waals surface area contributed by atoms with E-state index >= 15 is 0 Å². The minimum Gasteiger partial charge on any atom is -0.436 e. The molecular formula is C44H32N2O. The highest BCUT2D eigenvalue weighted by atomic mass is 16.3. The van der Waals surface area contributed by atoms with Gasteiger partial charge < -0.3 is 9.32 Å². The molecule has 8 aromatic rings. The zero-order valence-corrected chi connectivity index (χ0v) is 26.3. The average molecular weight is 605 g/mol. The number of oxazole rings is 1. The fourth-order valence-corrected chi connectivity index (χ4v) is 7.35. The van der Waals surface area contributed by atoms with Crippen LogP contribution >= 0.6 is 0 Å². The smallest absolute Gasteiger partial charge is 0.227 e. The van der Waals surface area contributed by atoms with E-state index in [0.29, 0.717) is 5.89 Å². The van der Waals surface area contributed by atoms with Gasteiger partial charge in [0.1, 0.15) is 5.52 Å². The van der Waals surface area contributed by atoms with E-state index in [-0.39, 0.29) is 5.41 Å². The van der Waals surface area contributed by atoms with E-state index in [0.717, 1.165) is 33.7 Å². The van der Waals surface area contributed by atoms with Crippen molar-refractivity contribution in [3.63, 3.8) is 0 Å². The number of rotatable bonds is 5. The van der Waals surface area contributed by atoms with Gasteiger partial charge in [-0.05, 0) is 87.1 Å². The van der Waals surface area contributed by atoms with Crippen LogP contribution in [0.15, 0.2) is 162 Å². The zero-order chi connectivity index (χ0) is 31.5. The molecule has 0 aliphatic heterocycles. The van der Waals surface area contributed by atoms with Crippen molar-refractivity contribution in [2.75, 3.05) is 4.90 Å². The summed E-state index contributed by atoms with van der Waals surface area (Å²) in [5.41, 5.74) is 13.2. The second-order valence-corrected chi connectivity index (χ2v) is 12.8. The van der Waals surface area contributed by atoms with Crippen LogP contribution in [0, 0.1) is 0 Å². The Labute approximate surface area is 274 Å². The maximum absolute atomic E-state index is 6.31. The molecule has 0 N–H and O–H groups in total. The molecule has 0 bridgehead atoms. The monoisotopic (exact) mass is 604 g/mol. The van der Waals surface area contributed by atoms with Crippen molar-refractivity contribution in [3.05, 3.63) is 169 Å². The molecule has 3 heteroatoms. The van der Waals surface area contributed by atoms with Gasteiger partial charge in [0.15, 0.2) is 5.58 Å². The van der Waals surface area contributed by atoms with Crippen molar-refractivity contribution in [3.8, 4) is 33.7 Å². The number of benzene rings is 7. The number of para-hydroxylation sites is 3. The van der Waals surface area contributed by atoms with Crippen molar-refractivity contribution < 1.29 is 4.42 Å². The molecule has 9 rings (SSSR count). The van der Waals surface area contributed by atoms with E-state index < -0.39 is 0 Å². The lowest BCUT2D eigenvalue weighted by atomic mass is 9.82. The van der Waals surface area contributed by atoms with Crippen LogP contribution in [0.4, 0.5) is 17.1 Å². The quantitative estimate of drug-likeness (QED) is 0.196. The van der Waals surface area contributed by atoms with Crippen molar-refractivity contribution in [1.82, 2.24) is 4.98 Å². The van der Waals surface area contributed by atoms with Gasteiger partial charge in [-0.15, -0.1) is 0 Å². The summed E-state index contributed by atoms with van der Waals surface area (Å²) in [6.45, 7) is 4.66. The van der Waals surface area contributed by atoms with Crippen LogP contribution in [0.2, 0.25) is 0 Å². The van der Waals surface area contributed by atoms with Gasteiger partial charge in [0, 0.05) is 27.9 Å². The summed E-state index contributed by atoms with van der Waals surface area (Å²) in [7, 11) is 0. The third kappa shape index (κ3) is 4.39. The number of hydrogen-bond donors (Lipinski definition) is 0. The van der Waals surface area contributed by atoms with E-state index in [1.54, 1.807) is 0 Å². The molecule has 0 amide bonds. The number of fused-ring (bicyclic) bond motifs is 5. The molecule has 0 fully saturated rings. The standard InChI is InChI=1S/C44H32N2O/c1-44(2)37-19-12-18-36(43-45-39-20-9-11-22-41(39)47-43)42(37)35-26-25-33(28-38(35)44)46(32-24-23-29-13-6-7-16-31(29)27-32)40-21-10-8-17-34(40)30-14-4-3-5-15-30/h3-28H,1-2H3. The number of anilines is 3. The van der Waals surface area contributed by atoms with Crippen molar-refractivity contribution in [1.29, 1.82) is 0 Å². The predicted octanol–water partition coefficient (Wildman–Crippen LogP) is 12.1. The van der Waals surface area contributed by atoms with Gasteiger partial charge in [-0.2, -0.15) is 0 Å². The average Bonchev–Trinajstić information content (AvgIpc) is 3.65. The summed E-state index contributed by atoms with van der Waals surface area (Å²) >= 11 is 0. The summed E-state index contributed by atoms with van der Waals surface area (Å²) in [5.74, 6) is 0.658. The van der Waals surface area contributed by atoms with Crippen LogP contribution in [0.1, 0.15) is 25.0 Å². The molecule has 0 radical (unpaired) electrons. The first-order chi connectivity index (χ1) is 23.1. The van der Waals surface area contributed by atoms with Gasteiger partial charge >= 0.3 is 0 Å². The van der Waals surface area contributed by atoms with Crippen LogP contribution in [0.3, 0.4) is 0 Å². The van der Waals surface area contributed by atoms with E-state index in [2.05, 4.69) is 152 Å². The second-order valence-electron chi connectivity index (χ2n) is 12.8. The van der Waals surface area contributed by atoms with Crippen LogP contribution < -0.4 is 4.90 Å².